The summed E-state index contributed by atoms with van der Waals surface area (Å²) in [4.78, 5) is 10.6. The van der Waals surface area contributed by atoms with Gasteiger partial charge in [-0.2, -0.15) is 0 Å². The standard InChI is InChI=1S/C51H32N2O/c1-3-15-38(16-4-1)51(39-17-5-2-6-18-39)44-21-11-9-19-40(44)41-27-25-35(30-45(41)51)46-32-47(36-26-28-43-42-20-10-12-22-48(42)54-49(43)31-36)53-50(52-46)37-24-23-33-13-7-8-14-34(33)29-37/h1-32H. The van der Waals surface area contributed by atoms with Gasteiger partial charge in [-0.15, -0.1) is 0 Å². The largest absolute Gasteiger partial charge is 0.456 e. The van der Waals surface area contributed by atoms with Crippen molar-refractivity contribution in [3.8, 4) is 45.0 Å². The van der Waals surface area contributed by atoms with Crippen molar-refractivity contribution in [2.24, 2.45) is 0 Å². The molecular weight excluding hydrogens is 657 g/mol. The van der Waals surface area contributed by atoms with Crippen LogP contribution in [-0.2, 0) is 5.41 Å². The van der Waals surface area contributed by atoms with Gasteiger partial charge in [0, 0.05) is 27.5 Å². The van der Waals surface area contributed by atoms with Crippen LogP contribution >= 0.6 is 0 Å². The molecule has 1 aliphatic rings. The van der Waals surface area contributed by atoms with E-state index in [-0.39, 0.29) is 0 Å². The highest BCUT2D eigenvalue weighted by molar-refractivity contribution is 6.06. The van der Waals surface area contributed by atoms with E-state index in [1.165, 1.54) is 38.8 Å². The van der Waals surface area contributed by atoms with Gasteiger partial charge in [-0.05, 0) is 80.6 Å². The van der Waals surface area contributed by atoms with Gasteiger partial charge in [-0.25, -0.2) is 9.97 Å². The fourth-order valence-electron chi connectivity index (χ4n) is 8.69. The smallest absolute Gasteiger partial charge is 0.160 e. The van der Waals surface area contributed by atoms with Crippen LogP contribution in [0.25, 0.3) is 77.7 Å². The van der Waals surface area contributed by atoms with Crippen molar-refractivity contribution in [3.63, 3.8) is 0 Å². The van der Waals surface area contributed by atoms with Gasteiger partial charge in [0.1, 0.15) is 11.2 Å². The molecule has 54 heavy (non-hydrogen) atoms. The van der Waals surface area contributed by atoms with E-state index in [0.717, 1.165) is 55.4 Å². The summed E-state index contributed by atoms with van der Waals surface area (Å²) in [6, 6.07) is 69.2. The van der Waals surface area contributed by atoms with E-state index in [2.05, 4.69) is 182 Å². The molecule has 3 heteroatoms. The molecule has 0 unspecified atom stereocenters. The maximum atomic E-state index is 6.34. The fourth-order valence-corrected chi connectivity index (χ4v) is 8.69. The van der Waals surface area contributed by atoms with E-state index in [9.17, 15) is 0 Å². The molecular formula is C51H32N2O. The number of hydrogen-bond donors (Lipinski definition) is 0. The molecule has 0 radical (unpaired) electrons. The highest BCUT2D eigenvalue weighted by atomic mass is 16.3. The number of nitrogens with zero attached hydrogens (tertiary/aromatic N) is 2. The Morgan fingerprint density at radius 3 is 1.76 bits per heavy atom. The lowest BCUT2D eigenvalue weighted by Crippen LogP contribution is -2.28. The SMILES string of the molecule is c1ccc(C2(c3ccccc3)c3ccccc3-c3ccc(-c4cc(-c5ccc6c(c5)oc5ccccc56)nc(-c5ccc6ccccc6c5)n4)cc32)cc1. The molecule has 0 bridgehead atoms. The first-order valence-electron chi connectivity index (χ1n) is 18.4. The lowest BCUT2D eigenvalue weighted by molar-refractivity contribution is 0.669. The predicted molar refractivity (Wildman–Crippen MR) is 220 cm³/mol. The first-order valence-corrected chi connectivity index (χ1v) is 18.4. The molecule has 2 heterocycles. The van der Waals surface area contributed by atoms with Gasteiger partial charge >= 0.3 is 0 Å². The second kappa shape index (κ2) is 12.0. The van der Waals surface area contributed by atoms with Gasteiger partial charge < -0.3 is 4.42 Å². The lowest BCUT2D eigenvalue weighted by Gasteiger charge is -2.34. The van der Waals surface area contributed by atoms with Crippen LogP contribution in [0.2, 0.25) is 0 Å². The Morgan fingerprint density at radius 1 is 0.370 bits per heavy atom. The molecule has 3 nitrogen and oxygen atoms in total. The summed E-state index contributed by atoms with van der Waals surface area (Å²) in [6.45, 7) is 0. The van der Waals surface area contributed by atoms with Crippen molar-refractivity contribution in [1.82, 2.24) is 9.97 Å². The van der Waals surface area contributed by atoms with Gasteiger partial charge in [0.15, 0.2) is 5.82 Å². The highest BCUT2D eigenvalue weighted by Crippen LogP contribution is 2.56. The van der Waals surface area contributed by atoms with Crippen molar-refractivity contribution >= 4 is 32.7 Å². The van der Waals surface area contributed by atoms with Crippen molar-refractivity contribution in [2.45, 2.75) is 5.41 Å². The van der Waals surface area contributed by atoms with Crippen LogP contribution in [0.1, 0.15) is 22.3 Å². The maximum absolute atomic E-state index is 6.34. The number of para-hydroxylation sites is 1. The Kier molecular flexibility index (Phi) is 6.77. The Balaban J connectivity index is 1.15. The fraction of sp³-hybridized carbons (Fsp3) is 0.0196. The Morgan fingerprint density at radius 2 is 0.963 bits per heavy atom. The van der Waals surface area contributed by atoms with Gasteiger partial charge in [-0.1, -0.05) is 158 Å². The van der Waals surface area contributed by atoms with E-state index < -0.39 is 5.41 Å². The number of hydrogen-bond acceptors (Lipinski definition) is 3. The van der Waals surface area contributed by atoms with Crippen molar-refractivity contribution in [3.05, 3.63) is 216 Å². The predicted octanol–water partition coefficient (Wildman–Crippen LogP) is 12.9. The average Bonchev–Trinajstić information content (AvgIpc) is 3.77. The Bertz CT molecular complexity index is 3010. The van der Waals surface area contributed by atoms with Crippen LogP contribution in [0.4, 0.5) is 0 Å². The highest BCUT2D eigenvalue weighted by Gasteiger charge is 2.46. The molecule has 0 aliphatic heterocycles. The summed E-state index contributed by atoms with van der Waals surface area (Å²) < 4.78 is 6.34. The van der Waals surface area contributed by atoms with E-state index in [1.54, 1.807) is 0 Å². The number of furan rings is 1. The summed E-state index contributed by atoms with van der Waals surface area (Å²) in [5, 5.41) is 4.54. The second-order valence-corrected chi connectivity index (χ2v) is 14.1. The van der Waals surface area contributed by atoms with E-state index in [1.807, 2.05) is 12.1 Å². The molecule has 0 fully saturated rings. The summed E-state index contributed by atoms with van der Waals surface area (Å²) >= 11 is 0. The lowest BCUT2D eigenvalue weighted by atomic mass is 9.67. The normalized spacial score (nSPS) is 13.0. The molecule has 11 rings (SSSR count). The van der Waals surface area contributed by atoms with Gasteiger partial charge in [0.2, 0.25) is 0 Å². The third-order valence-electron chi connectivity index (χ3n) is 11.2. The molecule has 252 valence electrons. The molecule has 0 saturated carbocycles. The molecule has 0 saturated heterocycles. The van der Waals surface area contributed by atoms with Crippen LogP contribution in [0.5, 0.6) is 0 Å². The summed E-state index contributed by atoms with van der Waals surface area (Å²) in [5.41, 5.74) is 13.4. The summed E-state index contributed by atoms with van der Waals surface area (Å²) in [5.74, 6) is 0.680. The number of rotatable bonds is 5. The first-order chi connectivity index (χ1) is 26.7. The molecule has 0 N–H and O–H groups in total. The Hall–Kier alpha value is -7.10. The second-order valence-electron chi connectivity index (χ2n) is 14.1. The van der Waals surface area contributed by atoms with E-state index in [4.69, 9.17) is 14.4 Å². The molecule has 0 amide bonds. The van der Waals surface area contributed by atoms with Crippen LogP contribution in [0.15, 0.2) is 199 Å². The monoisotopic (exact) mass is 688 g/mol. The van der Waals surface area contributed by atoms with Crippen molar-refractivity contribution in [2.75, 3.05) is 0 Å². The quantitative estimate of drug-likeness (QED) is 0.181. The minimum absolute atomic E-state index is 0.506. The van der Waals surface area contributed by atoms with E-state index >= 15 is 0 Å². The number of aromatic nitrogens is 2. The molecule has 2 aromatic heterocycles. The first kappa shape index (κ1) is 30.5. The molecule has 0 atom stereocenters. The minimum atomic E-state index is -0.506. The third-order valence-corrected chi connectivity index (χ3v) is 11.2. The summed E-state index contributed by atoms with van der Waals surface area (Å²) in [6.07, 6.45) is 0. The van der Waals surface area contributed by atoms with Gasteiger partial charge in [0.05, 0.1) is 16.8 Å². The van der Waals surface area contributed by atoms with Crippen LogP contribution in [0, 0.1) is 0 Å². The zero-order valence-corrected chi connectivity index (χ0v) is 29.3. The third kappa shape index (κ3) is 4.62. The minimum Gasteiger partial charge on any atom is -0.456 e. The molecule has 0 spiro atoms. The zero-order chi connectivity index (χ0) is 35.6. The topological polar surface area (TPSA) is 38.9 Å². The Labute approximate surface area is 312 Å². The van der Waals surface area contributed by atoms with Crippen molar-refractivity contribution < 1.29 is 4.42 Å². The maximum Gasteiger partial charge on any atom is 0.160 e. The molecule has 8 aromatic carbocycles. The van der Waals surface area contributed by atoms with Crippen molar-refractivity contribution in [1.29, 1.82) is 0 Å². The molecule has 10 aromatic rings. The van der Waals surface area contributed by atoms with E-state index in [0.29, 0.717) is 5.82 Å². The average molecular weight is 689 g/mol. The zero-order valence-electron chi connectivity index (χ0n) is 29.3. The van der Waals surface area contributed by atoms with Gasteiger partial charge in [-0.3, -0.25) is 0 Å². The van der Waals surface area contributed by atoms with Crippen LogP contribution < -0.4 is 0 Å². The number of benzene rings is 8. The van der Waals surface area contributed by atoms with Gasteiger partial charge in [0.25, 0.3) is 0 Å². The van der Waals surface area contributed by atoms with Crippen LogP contribution in [0.3, 0.4) is 0 Å². The summed E-state index contributed by atoms with van der Waals surface area (Å²) in [7, 11) is 0. The molecule has 1 aliphatic carbocycles. The number of fused-ring (bicyclic) bond motifs is 7. The van der Waals surface area contributed by atoms with Crippen LogP contribution in [-0.4, -0.2) is 9.97 Å².